The first-order valence-corrected chi connectivity index (χ1v) is 15.9. The summed E-state index contributed by atoms with van der Waals surface area (Å²) in [5.74, 6) is 2.15. The Morgan fingerprint density at radius 3 is 1.80 bits per heavy atom. The molecule has 1 aromatic heterocycles. The highest BCUT2D eigenvalue weighted by Crippen LogP contribution is 2.53. The molecule has 4 aromatic carbocycles. The fourth-order valence-corrected chi connectivity index (χ4v) is 8.05. The molecule has 0 amide bonds. The maximum absolute atomic E-state index is 6.02. The summed E-state index contributed by atoms with van der Waals surface area (Å²) in [6.45, 7) is 6.99. The standard InChI is InChI=1S/C34H34N4S2/c1-4-34(3,5-2)26-29-30(31(33-32(26)39-20-21-40-33)36-25-18-16-24(35)17-19-25)38-28(23-14-10-7-11-15-23)27(37-29)22-12-8-6-9-13-22/h6-19,36H,4-5,20-21,35H2,1-3H3. The number of benzene rings is 4. The molecule has 0 unspecified atom stereocenters. The minimum Gasteiger partial charge on any atom is -0.399 e. The van der Waals surface area contributed by atoms with Crippen LogP contribution in [0.2, 0.25) is 0 Å². The van der Waals surface area contributed by atoms with Crippen molar-refractivity contribution in [3.8, 4) is 22.5 Å². The fraction of sp³-hybridized carbons (Fsp3) is 0.235. The zero-order chi connectivity index (χ0) is 27.7. The van der Waals surface area contributed by atoms with Gasteiger partial charge in [0.1, 0.15) is 5.52 Å². The second-order valence-corrected chi connectivity index (χ2v) is 12.7. The number of thioether (sulfide) groups is 2. The van der Waals surface area contributed by atoms with Gasteiger partial charge < -0.3 is 11.1 Å². The average molecular weight is 563 g/mol. The van der Waals surface area contributed by atoms with Crippen molar-refractivity contribution in [3.63, 3.8) is 0 Å². The molecule has 0 bridgehead atoms. The lowest BCUT2D eigenvalue weighted by atomic mass is 9.77. The number of hydrogen-bond acceptors (Lipinski definition) is 6. The van der Waals surface area contributed by atoms with Gasteiger partial charge in [-0.05, 0) is 42.5 Å². The molecule has 0 radical (unpaired) electrons. The van der Waals surface area contributed by atoms with Crippen LogP contribution < -0.4 is 11.1 Å². The highest BCUT2D eigenvalue weighted by atomic mass is 32.2. The molecule has 6 rings (SSSR count). The topological polar surface area (TPSA) is 63.8 Å². The second-order valence-electron chi connectivity index (χ2n) is 10.5. The van der Waals surface area contributed by atoms with Crippen LogP contribution in [0.15, 0.2) is 94.7 Å². The largest absolute Gasteiger partial charge is 0.399 e. The van der Waals surface area contributed by atoms with E-state index in [-0.39, 0.29) is 5.41 Å². The van der Waals surface area contributed by atoms with Crippen LogP contribution in [-0.4, -0.2) is 21.5 Å². The third-order valence-corrected chi connectivity index (χ3v) is 10.6. The lowest BCUT2D eigenvalue weighted by Gasteiger charge is -2.34. The van der Waals surface area contributed by atoms with Gasteiger partial charge in [0, 0.05) is 49.4 Å². The number of anilines is 3. The summed E-state index contributed by atoms with van der Waals surface area (Å²) < 4.78 is 0. The summed E-state index contributed by atoms with van der Waals surface area (Å²) in [6.07, 6.45) is 2.06. The Labute approximate surface area is 245 Å². The van der Waals surface area contributed by atoms with Crippen molar-refractivity contribution >= 4 is 51.6 Å². The number of nitrogens with two attached hydrogens (primary N) is 1. The van der Waals surface area contributed by atoms with E-state index >= 15 is 0 Å². The Hall–Kier alpha value is -3.48. The molecule has 2 heterocycles. The van der Waals surface area contributed by atoms with E-state index in [0.29, 0.717) is 0 Å². The van der Waals surface area contributed by atoms with E-state index in [0.717, 1.165) is 75.0 Å². The summed E-state index contributed by atoms with van der Waals surface area (Å²) in [5, 5.41) is 3.76. The molecule has 0 spiro atoms. The van der Waals surface area contributed by atoms with Crippen molar-refractivity contribution in [2.24, 2.45) is 0 Å². The molecule has 0 aliphatic carbocycles. The zero-order valence-corrected chi connectivity index (χ0v) is 24.8. The third kappa shape index (κ3) is 4.84. The van der Waals surface area contributed by atoms with Gasteiger partial charge in [-0.15, -0.1) is 23.5 Å². The van der Waals surface area contributed by atoms with Crippen LogP contribution >= 0.6 is 23.5 Å². The smallest absolute Gasteiger partial charge is 0.114 e. The van der Waals surface area contributed by atoms with Gasteiger partial charge in [0.25, 0.3) is 0 Å². The minimum absolute atomic E-state index is 0.0239. The van der Waals surface area contributed by atoms with Crippen LogP contribution in [0.3, 0.4) is 0 Å². The van der Waals surface area contributed by atoms with Gasteiger partial charge in [-0.1, -0.05) is 81.4 Å². The predicted octanol–water partition coefficient (Wildman–Crippen LogP) is 9.57. The van der Waals surface area contributed by atoms with Crippen molar-refractivity contribution in [2.45, 2.75) is 48.8 Å². The molecule has 6 heteroatoms. The van der Waals surface area contributed by atoms with Gasteiger partial charge >= 0.3 is 0 Å². The van der Waals surface area contributed by atoms with Gasteiger partial charge in [-0.3, -0.25) is 0 Å². The number of aromatic nitrogens is 2. The van der Waals surface area contributed by atoms with Gasteiger partial charge in [-0.2, -0.15) is 0 Å². The fourth-order valence-electron chi connectivity index (χ4n) is 5.37. The summed E-state index contributed by atoms with van der Waals surface area (Å²) in [6, 6.07) is 28.9. The van der Waals surface area contributed by atoms with Crippen molar-refractivity contribution in [2.75, 3.05) is 22.6 Å². The van der Waals surface area contributed by atoms with E-state index in [2.05, 4.69) is 80.7 Å². The lowest BCUT2D eigenvalue weighted by molar-refractivity contribution is 0.433. The Morgan fingerprint density at radius 1 is 0.725 bits per heavy atom. The molecule has 0 atom stereocenters. The summed E-state index contributed by atoms with van der Waals surface area (Å²) in [7, 11) is 0. The lowest BCUT2D eigenvalue weighted by Crippen LogP contribution is -2.23. The normalized spacial score (nSPS) is 13.3. The van der Waals surface area contributed by atoms with E-state index in [1.807, 2.05) is 53.9 Å². The summed E-state index contributed by atoms with van der Waals surface area (Å²) in [4.78, 5) is 13.7. The maximum atomic E-state index is 6.02. The molecule has 1 aliphatic rings. The molecule has 40 heavy (non-hydrogen) atoms. The number of nitrogens with zero attached hydrogens (tertiary/aromatic N) is 2. The van der Waals surface area contributed by atoms with Crippen molar-refractivity contribution in [3.05, 3.63) is 90.5 Å². The minimum atomic E-state index is -0.0239. The van der Waals surface area contributed by atoms with Gasteiger partial charge in [0.2, 0.25) is 0 Å². The first-order chi connectivity index (χ1) is 19.5. The van der Waals surface area contributed by atoms with Crippen LogP contribution in [0.25, 0.3) is 33.5 Å². The molecule has 202 valence electrons. The van der Waals surface area contributed by atoms with Crippen molar-refractivity contribution in [1.82, 2.24) is 9.97 Å². The van der Waals surface area contributed by atoms with Gasteiger partial charge in [0.15, 0.2) is 0 Å². The van der Waals surface area contributed by atoms with Crippen LogP contribution in [-0.2, 0) is 5.41 Å². The number of nitrogens with one attached hydrogen (secondary N) is 1. The first-order valence-electron chi connectivity index (χ1n) is 13.9. The first kappa shape index (κ1) is 26.7. The second kappa shape index (κ2) is 11.2. The van der Waals surface area contributed by atoms with E-state index in [4.69, 9.17) is 15.7 Å². The molecule has 0 saturated carbocycles. The van der Waals surface area contributed by atoms with Crippen molar-refractivity contribution in [1.29, 1.82) is 0 Å². The quantitative estimate of drug-likeness (QED) is 0.193. The van der Waals surface area contributed by atoms with E-state index < -0.39 is 0 Å². The summed E-state index contributed by atoms with van der Waals surface area (Å²) in [5.41, 5.74) is 16.0. The number of hydrogen-bond donors (Lipinski definition) is 2. The molecule has 5 aromatic rings. The number of nitrogen functional groups attached to an aromatic ring is 1. The predicted molar refractivity (Wildman–Crippen MR) is 174 cm³/mol. The molecular formula is C34H34N4S2. The SMILES string of the molecule is CCC(C)(CC)c1c2c(c(Nc3ccc(N)cc3)c3nc(-c4ccccc4)c(-c4ccccc4)nc13)SCCS2. The maximum Gasteiger partial charge on any atom is 0.114 e. The molecule has 1 aliphatic heterocycles. The Balaban J connectivity index is 1.75. The van der Waals surface area contributed by atoms with E-state index in [1.54, 1.807) is 0 Å². The van der Waals surface area contributed by atoms with E-state index in [1.165, 1.54) is 15.4 Å². The Morgan fingerprint density at radius 2 is 1.25 bits per heavy atom. The van der Waals surface area contributed by atoms with Crippen molar-refractivity contribution < 1.29 is 0 Å². The number of rotatable bonds is 7. The third-order valence-electron chi connectivity index (χ3n) is 8.04. The molecule has 0 fully saturated rings. The molecule has 0 saturated heterocycles. The van der Waals surface area contributed by atoms with Crippen LogP contribution in [0.4, 0.5) is 17.1 Å². The molecule has 4 nitrogen and oxygen atoms in total. The van der Waals surface area contributed by atoms with E-state index in [9.17, 15) is 0 Å². The van der Waals surface area contributed by atoms with Crippen LogP contribution in [0.1, 0.15) is 39.2 Å². The average Bonchev–Trinajstić information content (AvgIpc) is 3.02. The highest BCUT2D eigenvalue weighted by molar-refractivity contribution is 8.05. The molecular weight excluding hydrogens is 529 g/mol. The summed E-state index contributed by atoms with van der Waals surface area (Å²) >= 11 is 3.90. The van der Waals surface area contributed by atoms with Gasteiger partial charge in [-0.25, -0.2) is 9.97 Å². The Kier molecular flexibility index (Phi) is 7.47. The van der Waals surface area contributed by atoms with Crippen LogP contribution in [0, 0.1) is 0 Å². The number of fused-ring (bicyclic) bond motifs is 2. The monoisotopic (exact) mass is 562 g/mol. The zero-order valence-electron chi connectivity index (χ0n) is 23.2. The van der Waals surface area contributed by atoms with Crippen LogP contribution in [0.5, 0.6) is 0 Å². The Bertz CT molecular complexity index is 1650. The highest BCUT2D eigenvalue weighted by Gasteiger charge is 2.35. The van der Waals surface area contributed by atoms with Gasteiger partial charge in [0.05, 0.1) is 22.6 Å². The molecule has 3 N–H and O–H groups in total.